The smallest absolute Gasteiger partial charge is 0.181 e. The maximum absolute atomic E-state index is 13.1. The first-order chi connectivity index (χ1) is 11.8. The summed E-state index contributed by atoms with van der Waals surface area (Å²) in [5, 5.41) is 0.672. The van der Waals surface area contributed by atoms with Crippen LogP contribution in [0.3, 0.4) is 0 Å². The van der Waals surface area contributed by atoms with E-state index in [1.54, 1.807) is 12.1 Å². The van der Waals surface area contributed by atoms with Gasteiger partial charge in [-0.2, -0.15) is 0 Å². The summed E-state index contributed by atoms with van der Waals surface area (Å²) < 4.78 is 0. The van der Waals surface area contributed by atoms with Crippen molar-refractivity contribution >= 4 is 17.4 Å². The zero-order valence-electron chi connectivity index (χ0n) is 13.7. The molecule has 1 heterocycles. The monoisotopic (exact) mass is 339 g/mol. The van der Waals surface area contributed by atoms with Gasteiger partial charge in [-0.25, -0.2) is 0 Å². The quantitative estimate of drug-likeness (QED) is 0.557. The van der Waals surface area contributed by atoms with Crippen LogP contribution in [-0.4, -0.2) is 22.8 Å². The maximum atomic E-state index is 13.1. The van der Waals surface area contributed by atoms with Crippen LogP contribution in [0.1, 0.15) is 54.1 Å². The first-order valence-corrected chi connectivity index (χ1v) is 9.25. The van der Waals surface area contributed by atoms with Crippen LogP contribution in [0.2, 0.25) is 5.02 Å². The van der Waals surface area contributed by atoms with E-state index in [2.05, 4.69) is 29.2 Å². The fourth-order valence-electron chi connectivity index (χ4n) is 4.15. The molecule has 1 aliphatic heterocycles. The van der Waals surface area contributed by atoms with Gasteiger partial charge in [0, 0.05) is 16.6 Å². The molecule has 3 atom stereocenters. The molecule has 0 aromatic heterocycles. The van der Waals surface area contributed by atoms with Crippen LogP contribution < -0.4 is 0 Å². The molecule has 2 aromatic rings. The molecule has 3 unspecified atom stereocenters. The molecule has 3 heteroatoms. The maximum Gasteiger partial charge on any atom is 0.181 e. The average Bonchev–Trinajstić information content (AvgIpc) is 3.39. The number of halogens is 1. The number of hydrogen-bond donors (Lipinski definition) is 0. The molecule has 4 rings (SSSR count). The Bertz CT molecular complexity index is 706. The summed E-state index contributed by atoms with van der Waals surface area (Å²) in [5.41, 5.74) is 2.03. The predicted molar refractivity (Wildman–Crippen MR) is 97.5 cm³/mol. The van der Waals surface area contributed by atoms with Crippen molar-refractivity contribution in [1.29, 1.82) is 0 Å². The number of Topliss-reactive ketones (excluding diaryl/α,β-unsaturated/α-hetero) is 1. The fourth-order valence-corrected chi connectivity index (χ4v) is 4.28. The molecule has 1 saturated heterocycles. The molecule has 1 aliphatic carbocycles. The second kappa shape index (κ2) is 6.70. The van der Waals surface area contributed by atoms with Gasteiger partial charge >= 0.3 is 0 Å². The first kappa shape index (κ1) is 15.9. The summed E-state index contributed by atoms with van der Waals surface area (Å²) in [5.74, 6) is 0.228. The average molecular weight is 340 g/mol. The van der Waals surface area contributed by atoms with Crippen LogP contribution in [0, 0.1) is 0 Å². The van der Waals surface area contributed by atoms with Gasteiger partial charge in [-0.15, -0.1) is 0 Å². The zero-order valence-corrected chi connectivity index (χ0v) is 14.5. The SMILES string of the molecule is O=C(c1ccc(Cl)cc1)C1C(c2ccccc2)N1C1CCCCC1. The largest absolute Gasteiger partial charge is 0.292 e. The number of rotatable bonds is 4. The van der Waals surface area contributed by atoms with E-state index in [1.165, 1.54) is 37.7 Å². The van der Waals surface area contributed by atoms with Gasteiger partial charge in [-0.1, -0.05) is 61.2 Å². The van der Waals surface area contributed by atoms with Crippen molar-refractivity contribution in [3.05, 3.63) is 70.7 Å². The molecule has 124 valence electrons. The number of ketones is 1. The predicted octanol–water partition coefficient (Wildman–Crippen LogP) is 5.28. The van der Waals surface area contributed by atoms with E-state index in [0.717, 1.165) is 5.56 Å². The van der Waals surface area contributed by atoms with Gasteiger partial charge < -0.3 is 0 Å². The second-order valence-electron chi connectivity index (χ2n) is 6.91. The highest BCUT2D eigenvalue weighted by Gasteiger charge is 2.55. The highest BCUT2D eigenvalue weighted by Crippen LogP contribution is 2.49. The van der Waals surface area contributed by atoms with Gasteiger partial charge in [0.2, 0.25) is 0 Å². The van der Waals surface area contributed by atoms with Crippen LogP contribution in [0.4, 0.5) is 0 Å². The van der Waals surface area contributed by atoms with E-state index < -0.39 is 0 Å². The summed E-state index contributed by atoms with van der Waals surface area (Å²) in [6.07, 6.45) is 6.33. The van der Waals surface area contributed by atoms with Crippen molar-refractivity contribution in [1.82, 2.24) is 4.90 Å². The Labute approximate surface area is 148 Å². The molecular weight excluding hydrogens is 318 g/mol. The number of carbonyl (C=O) groups excluding carboxylic acids is 1. The van der Waals surface area contributed by atoms with Crippen molar-refractivity contribution in [3.63, 3.8) is 0 Å². The van der Waals surface area contributed by atoms with Gasteiger partial charge in [-0.05, 0) is 42.7 Å². The van der Waals surface area contributed by atoms with Crippen molar-refractivity contribution < 1.29 is 4.79 Å². The summed E-state index contributed by atoms with van der Waals surface area (Å²) in [6, 6.07) is 18.5. The number of nitrogens with zero attached hydrogens (tertiary/aromatic N) is 1. The third-order valence-corrected chi connectivity index (χ3v) is 5.64. The van der Waals surface area contributed by atoms with Gasteiger partial charge in [0.05, 0.1) is 12.1 Å². The van der Waals surface area contributed by atoms with Crippen molar-refractivity contribution in [2.45, 2.75) is 50.2 Å². The molecule has 0 radical (unpaired) electrons. The van der Waals surface area contributed by atoms with Crippen molar-refractivity contribution in [3.8, 4) is 0 Å². The van der Waals surface area contributed by atoms with Crippen molar-refractivity contribution in [2.75, 3.05) is 0 Å². The van der Waals surface area contributed by atoms with Crippen LogP contribution in [0.5, 0.6) is 0 Å². The highest BCUT2D eigenvalue weighted by atomic mass is 35.5. The number of carbonyl (C=O) groups is 1. The van der Waals surface area contributed by atoms with Crippen LogP contribution in [0.25, 0.3) is 0 Å². The molecule has 2 nitrogen and oxygen atoms in total. The molecule has 2 aromatic carbocycles. The van der Waals surface area contributed by atoms with E-state index in [4.69, 9.17) is 11.6 Å². The molecule has 0 amide bonds. The lowest BCUT2D eigenvalue weighted by Crippen LogP contribution is -2.26. The topological polar surface area (TPSA) is 20.1 Å². The summed E-state index contributed by atoms with van der Waals surface area (Å²) in [6.45, 7) is 0. The molecule has 2 aliphatic rings. The normalized spacial score (nSPS) is 27.0. The van der Waals surface area contributed by atoms with Gasteiger partial charge in [0.1, 0.15) is 0 Å². The lowest BCUT2D eigenvalue weighted by Gasteiger charge is -2.24. The number of hydrogen-bond acceptors (Lipinski definition) is 2. The van der Waals surface area contributed by atoms with Gasteiger partial charge in [0.25, 0.3) is 0 Å². The number of benzene rings is 2. The van der Waals surface area contributed by atoms with Crippen LogP contribution in [0.15, 0.2) is 54.6 Å². The lowest BCUT2D eigenvalue weighted by molar-refractivity contribution is 0.0963. The third-order valence-electron chi connectivity index (χ3n) is 5.39. The molecular formula is C21H22ClNO. The lowest BCUT2D eigenvalue weighted by atomic mass is 9.95. The Balaban J connectivity index is 1.61. The van der Waals surface area contributed by atoms with E-state index >= 15 is 0 Å². The minimum absolute atomic E-state index is 0.0170. The minimum atomic E-state index is -0.0170. The summed E-state index contributed by atoms with van der Waals surface area (Å²) >= 11 is 5.96. The Hall–Kier alpha value is -1.64. The molecule has 0 N–H and O–H groups in total. The van der Waals surface area contributed by atoms with E-state index in [1.807, 2.05) is 18.2 Å². The fraction of sp³-hybridized carbons (Fsp3) is 0.381. The second-order valence-corrected chi connectivity index (χ2v) is 7.35. The van der Waals surface area contributed by atoms with E-state index in [9.17, 15) is 4.79 Å². The molecule has 1 saturated carbocycles. The summed E-state index contributed by atoms with van der Waals surface area (Å²) in [7, 11) is 0. The van der Waals surface area contributed by atoms with E-state index in [0.29, 0.717) is 11.1 Å². The van der Waals surface area contributed by atoms with Gasteiger partial charge in [-0.3, -0.25) is 9.69 Å². The molecule has 2 fully saturated rings. The Morgan fingerprint density at radius 3 is 2.25 bits per heavy atom. The van der Waals surface area contributed by atoms with Crippen molar-refractivity contribution in [2.24, 2.45) is 0 Å². The molecule has 0 spiro atoms. The van der Waals surface area contributed by atoms with Crippen LogP contribution >= 0.6 is 11.6 Å². The molecule has 24 heavy (non-hydrogen) atoms. The Kier molecular flexibility index (Phi) is 4.43. The third kappa shape index (κ3) is 3.01. The molecule has 0 bridgehead atoms. The minimum Gasteiger partial charge on any atom is -0.292 e. The standard InChI is InChI=1S/C21H22ClNO/c22-17-13-11-16(12-14-17)21(24)20-19(15-7-3-1-4-8-15)23(20)18-9-5-2-6-10-18/h1,3-4,7-8,11-14,18-20H,2,5-6,9-10H2. The van der Waals surface area contributed by atoms with Gasteiger partial charge in [0.15, 0.2) is 5.78 Å². The van der Waals surface area contributed by atoms with Crippen LogP contribution in [-0.2, 0) is 0 Å². The zero-order chi connectivity index (χ0) is 16.5. The van der Waals surface area contributed by atoms with E-state index in [-0.39, 0.29) is 17.9 Å². The Morgan fingerprint density at radius 1 is 0.917 bits per heavy atom. The summed E-state index contributed by atoms with van der Waals surface area (Å²) in [4.78, 5) is 15.5. The highest BCUT2D eigenvalue weighted by molar-refractivity contribution is 6.30. The Morgan fingerprint density at radius 2 is 1.58 bits per heavy atom. The first-order valence-electron chi connectivity index (χ1n) is 8.88.